The SMILES string of the molecule is CC#CC(=O)N(C)CCc1ccccn1. The lowest BCUT2D eigenvalue weighted by atomic mass is 10.2. The number of carbonyl (C=O) groups is 1. The quantitative estimate of drug-likeness (QED) is 0.688. The van der Waals surface area contributed by atoms with Crippen LogP contribution < -0.4 is 0 Å². The Bertz CT molecular complexity index is 376. The Labute approximate surface area is 90.1 Å². The molecule has 0 N–H and O–H groups in total. The third-order valence-corrected chi connectivity index (χ3v) is 2.01. The van der Waals surface area contributed by atoms with Crippen molar-refractivity contribution in [1.29, 1.82) is 0 Å². The Kier molecular flexibility index (Phi) is 4.36. The molecule has 3 nitrogen and oxygen atoms in total. The largest absolute Gasteiger partial charge is 0.335 e. The van der Waals surface area contributed by atoms with Crippen LogP contribution in [-0.2, 0) is 11.2 Å². The molecule has 0 aromatic carbocycles. The first-order chi connectivity index (χ1) is 7.24. The van der Waals surface area contributed by atoms with E-state index < -0.39 is 0 Å². The zero-order valence-electron chi connectivity index (χ0n) is 9.03. The molecule has 0 aliphatic heterocycles. The van der Waals surface area contributed by atoms with E-state index in [9.17, 15) is 4.79 Å². The van der Waals surface area contributed by atoms with Crippen molar-refractivity contribution in [3.8, 4) is 11.8 Å². The van der Waals surface area contributed by atoms with E-state index in [0.29, 0.717) is 6.54 Å². The molecular weight excluding hydrogens is 188 g/mol. The molecule has 0 saturated heterocycles. The first-order valence-electron chi connectivity index (χ1n) is 4.82. The number of rotatable bonds is 3. The summed E-state index contributed by atoms with van der Waals surface area (Å²) in [6, 6.07) is 5.76. The Morgan fingerprint density at radius 1 is 1.53 bits per heavy atom. The van der Waals surface area contributed by atoms with Crippen molar-refractivity contribution in [1.82, 2.24) is 9.88 Å². The lowest BCUT2D eigenvalue weighted by Gasteiger charge is -2.12. The minimum Gasteiger partial charge on any atom is -0.335 e. The van der Waals surface area contributed by atoms with Crippen LogP contribution >= 0.6 is 0 Å². The summed E-state index contributed by atoms with van der Waals surface area (Å²) >= 11 is 0. The van der Waals surface area contributed by atoms with Crippen LogP contribution in [0.2, 0.25) is 0 Å². The highest BCUT2D eigenvalue weighted by Gasteiger charge is 2.04. The average molecular weight is 202 g/mol. The lowest BCUT2D eigenvalue weighted by Crippen LogP contribution is -2.27. The molecule has 3 heteroatoms. The summed E-state index contributed by atoms with van der Waals surface area (Å²) in [5, 5.41) is 0. The second kappa shape index (κ2) is 5.82. The molecule has 0 bridgehead atoms. The number of hydrogen-bond acceptors (Lipinski definition) is 2. The van der Waals surface area contributed by atoms with Gasteiger partial charge in [-0.25, -0.2) is 0 Å². The molecule has 0 radical (unpaired) electrons. The van der Waals surface area contributed by atoms with Gasteiger partial charge in [0, 0.05) is 31.9 Å². The number of likely N-dealkylation sites (N-methyl/N-ethyl adjacent to an activating group) is 1. The zero-order chi connectivity index (χ0) is 11.1. The summed E-state index contributed by atoms with van der Waals surface area (Å²) in [5.41, 5.74) is 0.988. The predicted octanol–water partition coefficient (Wildman–Crippen LogP) is 1.11. The number of pyridine rings is 1. The average Bonchev–Trinajstić information content (AvgIpc) is 2.27. The van der Waals surface area contributed by atoms with Crippen molar-refractivity contribution < 1.29 is 4.79 Å². The molecular formula is C12H14N2O. The topological polar surface area (TPSA) is 33.2 Å². The summed E-state index contributed by atoms with van der Waals surface area (Å²) in [7, 11) is 1.75. The van der Waals surface area contributed by atoms with Gasteiger partial charge >= 0.3 is 0 Å². The Hall–Kier alpha value is -1.82. The molecule has 1 heterocycles. The normalized spacial score (nSPS) is 8.93. The molecule has 1 amide bonds. The highest BCUT2D eigenvalue weighted by Crippen LogP contribution is 1.96. The van der Waals surface area contributed by atoms with Gasteiger partial charge in [-0.2, -0.15) is 0 Å². The summed E-state index contributed by atoms with van der Waals surface area (Å²) in [5.74, 6) is 4.94. The highest BCUT2D eigenvalue weighted by atomic mass is 16.2. The molecule has 1 rings (SSSR count). The monoisotopic (exact) mass is 202 g/mol. The van der Waals surface area contributed by atoms with E-state index in [2.05, 4.69) is 16.8 Å². The van der Waals surface area contributed by atoms with Gasteiger partial charge in [-0.05, 0) is 25.0 Å². The van der Waals surface area contributed by atoms with E-state index in [4.69, 9.17) is 0 Å². The second-order valence-electron chi connectivity index (χ2n) is 3.17. The van der Waals surface area contributed by atoms with E-state index in [1.165, 1.54) is 0 Å². The van der Waals surface area contributed by atoms with Crippen molar-refractivity contribution in [2.75, 3.05) is 13.6 Å². The molecule has 0 fully saturated rings. The number of aromatic nitrogens is 1. The summed E-state index contributed by atoms with van der Waals surface area (Å²) in [6.07, 6.45) is 2.51. The highest BCUT2D eigenvalue weighted by molar-refractivity contribution is 5.93. The van der Waals surface area contributed by atoms with Gasteiger partial charge in [0.25, 0.3) is 5.91 Å². The van der Waals surface area contributed by atoms with Crippen molar-refractivity contribution in [3.05, 3.63) is 30.1 Å². The van der Waals surface area contributed by atoms with Gasteiger partial charge in [0.05, 0.1) is 0 Å². The van der Waals surface area contributed by atoms with Gasteiger partial charge in [-0.3, -0.25) is 9.78 Å². The van der Waals surface area contributed by atoms with Crippen LogP contribution in [0.3, 0.4) is 0 Å². The molecule has 0 unspecified atom stereocenters. The smallest absolute Gasteiger partial charge is 0.298 e. The van der Waals surface area contributed by atoms with E-state index in [0.717, 1.165) is 12.1 Å². The van der Waals surface area contributed by atoms with Crippen LogP contribution in [0.1, 0.15) is 12.6 Å². The summed E-state index contributed by atoms with van der Waals surface area (Å²) in [6.45, 7) is 2.30. The standard InChI is InChI=1S/C12H14N2O/c1-3-6-12(15)14(2)10-8-11-7-4-5-9-13-11/h4-5,7,9H,8,10H2,1-2H3. The van der Waals surface area contributed by atoms with Crippen LogP contribution in [-0.4, -0.2) is 29.4 Å². The lowest BCUT2D eigenvalue weighted by molar-refractivity contribution is -0.123. The van der Waals surface area contributed by atoms with Crippen LogP contribution in [0.25, 0.3) is 0 Å². The van der Waals surface area contributed by atoms with E-state index in [-0.39, 0.29) is 5.91 Å². The van der Waals surface area contributed by atoms with Crippen LogP contribution in [0.15, 0.2) is 24.4 Å². The van der Waals surface area contributed by atoms with Gasteiger partial charge < -0.3 is 4.90 Å². The van der Waals surface area contributed by atoms with Gasteiger partial charge in [0.15, 0.2) is 0 Å². The first-order valence-corrected chi connectivity index (χ1v) is 4.82. The van der Waals surface area contributed by atoms with E-state index in [1.807, 2.05) is 18.2 Å². The van der Waals surface area contributed by atoms with Gasteiger partial charge in [-0.15, -0.1) is 0 Å². The number of nitrogens with zero attached hydrogens (tertiary/aromatic N) is 2. The zero-order valence-corrected chi connectivity index (χ0v) is 9.03. The molecule has 0 spiro atoms. The molecule has 0 aliphatic rings. The minimum absolute atomic E-state index is 0.145. The van der Waals surface area contributed by atoms with Crippen LogP contribution in [0.4, 0.5) is 0 Å². The van der Waals surface area contributed by atoms with E-state index >= 15 is 0 Å². The molecule has 1 aromatic rings. The summed E-state index contributed by atoms with van der Waals surface area (Å²) < 4.78 is 0. The van der Waals surface area contributed by atoms with Crippen molar-refractivity contribution in [2.24, 2.45) is 0 Å². The molecule has 0 saturated carbocycles. The maximum Gasteiger partial charge on any atom is 0.298 e. The third kappa shape index (κ3) is 3.82. The second-order valence-corrected chi connectivity index (χ2v) is 3.17. The third-order valence-electron chi connectivity index (χ3n) is 2.01. The molecule has 78 valence electrons. The minimum atomic E-state index is -0.145. The fourth-order valence-electron chi connectivity index (χ4n) is 1.13. The van der Waals surface area contributed by atoms with E-state index in [1.54, 1.807) is 25.1 Å². The molecule has 0 atom stereocenters. The number of hydrogen-bond donors (Lipinski definition) is 0. The van der Waals surface area contributed by atoms with Crippen LogP contribution in [0.5, 0.6) is 0 Å². The fourth-order valence-corrected chi connectivity index (χ4v) is 1.13. The molecule has 15 heavy (non-hydrogen) atoms. The van der Waals surface area contributed by atoms with Gasteiger partial charge in [-0.1, -0.05) is 12.0 Å². The van der Waals surface area contributed by atoms with Gasteiger partial charge in [0.1, 0.15) is 0 Å². The maximum atomic E-state index is 11.3. The predicted molar refractivity (Wildman–Crippen MR) is 59.0 cm³/mol. The maximum absolute atomic E-state index is 11.3. The van der Waals surface area contributed by atoms with Crippen LogP contribution in [0, 0.1) is 11.8 Å². The van der Waals surface area contributed by atoms with Crippen molar-refractivity contribution in [2.45, 2.75) is 13.3 Å². The Balaban J connectivity index is 2.43. The summed E-state index contributed by atoms with van der Waals surface area (Å²) in [4.78, 5) is 17.1. The first kappa shape index (κ1) is 11.3. The number of amides is 1. The van der Waals surface area contributed by atoms with Crippen molar-refractivity contribution in [3.63, 3.8) is 0 Å². The Morgan fingerprint density at radius 2 is 2.33 bits per heavy atom. The Morgan fingerprint density at radius 3 is 2.93 bits per heavy atom. The van der Waals surface area contributed by atoms with Gasteiger partial charge in [0.2, 0.25) is 0 Å². The molecule has 0 aliphatic carbocycles. The fraction of sp³-hybridized carbons (Fsp3) is 0.333. The number of carbonyl (C=O) groups excluding carboxylic acids is 1. The molecule has 1 aromatic heterocycles. The van der Waals surface area contributed by atoms with Crippen molar-refractivity contribution >= 4 is 5.91 Å².